The first-order valence-corrected chi connectivity index (χ1v) is 12.4. The molecule has 0 saturated carbocycles. The first kappa shape index (κ1) is 32.7. The molecule has 2 aromatic heterocycles. The number of alkyl halides is 6. The summed E-state index contributed by atoms with van der Waals surface area (Å²) < 4.78 is 89.7. The van der Waals surface area contributed by atoms with Gasteiger partial charge in [0.05, 0.1) is 11.9 Å². The smallest absolute Gasteiger partial charge is 0.475 e. The number of aliphatic carboxylic acids is 2. The Morgan fingerprint density at radius 3 is 2.03 bits per heavy atom. The molecule has 212 valence electrons. The molecule has 0 aromatic carbocycles. The topological polar surface area (TPSA) is 150 Å². The summed E-state index contributed by atoms with van der Waals surface area (Å²) in [6, 6.07) is 9.80. The molecule has 0 unspecified atom stereocenters. The minimum atomic E-state index is -5.08. The molecule has 3 rings (SSSR count). The van der Waals surface area contributed by atoms with Crippen molar-refractivity contribution in [3.05, 3.63) is 60.2 Å². The van der Waals surface area contributed by atoms with E-state index < -0.39 is 34.3 Å². The van der Waals surface area contributed by atoms with Crippen LogP contribution < -0.4 is 4.72 Å². The molecular weight excluding hydrogens is 550 g/mol. The van der Waals surface area contributed by atoms with Gasteiger partial charge in [-0.25, -0.2) is 22.7 Å². The number of nitrogens with zero attached hydrogens (tertiary/aromatic N) is 3. The molecule has 0 radical (unpaired) electrons. The third-order valence-electron chi connectivity index (χ3n) is 4.77. The maximum atomic E-state index is 11.7. The average molecular weight is 575 g/mol. The van der Waals surface area contributed by atoms with Gasteiger partial charge in [0.25, 0.3) is 0 Å². The molecule has 17 heteroatoms. The second-order valence-electron chi connectivity index (χ2n) is 7.82. The van der Waals surface area contributed by atoms with Crippen LogP contribution in [0.1, 0.15) is 17.7 Å². The number of carboxylic acid groups (broad SMARTS) is 2. The molecule has 1 aliphatic rings. The second kappa shape index (κ2) is 14.0. The van der Waals surface area contributed by atoms with Gasteiger partial charge >= 0.3 is 24.3 Å². The number of hydrogen-bond acceptors (Lipinski definition) is 7. The van der Waals surface area contributed by atoms with E-state index in [1.165, 1.54) is 6.26 Å². The maximum Gasteiger partial charge on any atom is 0.490 e. The minimum absolute atomic E-state index is 0.0888. The van der Waals surface area contributed by atoms with Crippen LogP contribution in [-0.2, 0) is 32.6 Å². The minimum Gasteiger partial charge on any atom is -0.475 e. The molecule has 1 saturated heterocycles. The monoisotopic (exact) mass is 574 g/mol. The normalized spacial score (nSPS) is 18.0. The quantitative estimate of drug-likeness (QED) is 0.442. The number of likely N-dealkylation sites (tertiary alicyclic amines) is 1. The molecule has 2 atom stereocenters. The van der Waals surface area contributed by atoms with E-state index >= 15 is 0 Å². The molecule has 10 nitrogen and oxygen atoms in total. The van der Waals surface area contributed by atoms with Crippen LogP contribution in [0.2, 0.25) is 0 Å². The van der Waals surface area contributed by atoms with E-state index in [1.54, 1.807) is 12.4 Å². The number of carbonyl (C=O) groups is 2. The zero-order valence-corrected chi connectivity index (χ0v) is 20.5. The van der Waals surface area contributed by atoms with Crippen LogP contribution >= 0.6 is 0 Å². The van der Waals surface area contributed by atoms with Crippen LogP contribution in [0.3, 0.4) is 0 Å². The zero-order chi connectivity index (χ0) is 29.1. The Hall–Kier alpha value is -3.31. The maximum absolute atomic E-state index is 11.7. The van der Waals surface area contributed by atoms with Gasteiger partial charge in [-0.2, -0.15) is 26.3 Å². The lowest BCUT2D eigenvalue weighted by Crippen LogP contribution is -2.45. The number of hydrogen-bond donors (Lipinski definition) is 3. The number of pyridine rings is 2. The van der Waals surface area contributed by atoms with Crippen molar-refractivity contribution < 1.29 is 54.6 Å². The van der Waals surface area contributed by atoms with Crippen LogP contribution in [0, 0.1) is 0 Å². The zero-order valence-electron chi connectivity index (χ0n) is 19.6. The number of halogens is 6. The number of rotatable bonds is 6. The standard InChI is InChI=1S/C17H22N4O2S.2C2HF3O2/c1-24(22,23)20-16-7-10-21(13-15-6-2-3-9-19-15)17(16)11-14-5-4-8-18-12-14;2*3-2(4,5)1(6)7/h2-6,8-9,12,16-17,20H,7,10-11,13H2,1H3;2*(H,6,7)/t16-,17+;;/m1../s1. The first-order chi connectivity index (χ1) is 17.4. The Labute approximate surface area is 213 Å². The van der Waals surface area contributed by atoms with Crippen molar-refractivity contribution in [2.24, 2.45) is 0 Å². The van der Waals surface area contributed by atoms with Gasteiger partial charge in [-0.3, -0.25) is 14.9 Å². The molecule has 38 heavy (non-hydrogen) atoms. The van der Waals surface area contributed by atoms with Gasteiger partial charge in [-0.15, -0.1) is 0 Å². The third kappa shape index (κ3) is 12.8. The van der Waals surface area contributed by atoms with Gasteiger partial charge in [0.2, 0.25) is 10.0 Å². The lowest BCUT2D eigenvalue weighted by atomic mass is 10.0. The molecule has 0 spiro atoms. The van der Waals surface area contributed by atoms with Crippen molar-refractivity contribution in [1.29, 1.82) is 0 Å². The fourth-order valence-corrected chi connectivity index (χ4v) is 4.08. The SMILES string of the molecule is CS(=O)(=O)N[C@@H]1CCN(Cc2ccccn2)[C@H]1Cc1cccnc1.O=C(O)C(F)(F)F.O=C(O)C(F)(F)F. The highest BCUT2D eigenvalue weighted by atomic mass is 32.2. The molecule has 3 N–H and O–H groups in total. The Morgan fingerprint density at radius 2 is 1.61 bits per heavy atom. The van der Waals surface area contributed by atoms with Crippen molar-refractivity contribution in [1.82, 2.24) is 19.6 Å². The second-order valence-corrected chi connectivity index (χ2v) is 9.60. The molecule has 3 heterocycles. The van der Waals surface area contributed by atoms with Gasteiger partial charge in [0.15, 0.2) is 0 Å². The van der Waals surface area contributed by atoms with E-state index in [0.29, 0.717) is 6.54 Å². The van der Waals surface area contributed by atoms with Gasteiger partial charge in [-0.1, -0.05) is 12.1 Å². The van der Waals surface area contributed by atoms with Crippen LogP contribution in [0.5, 0.6) is 0 Å². The predicted molar refractivity (Wildman–Crippen MR) is 120 cm³/mol. The van der Waals surface area contributed by atoms with Crippen molar-refractivity contribution >= 4 is 22.0 Å². The molecular formula is C21H24F6N4O6S. The molecule has 1 fully saturated rings. The van der Waals surface area contributed by atoms with E-state index in [0.717, 1.165) is 30.6 Å². The van der Waals surface area contributed by atoms with E-state index in [9.17, 15) is 34.8 Å². The summed E-state index contributed by atoms with van der Waals surface area (Å²) in [6.07, 6.45) is -2.02. The fraction of sp³-hybridized carbons (Fsp3) is 0.429. The van der Waals surface area contributed by atoms with Gasteiger partial charge in [-0.05, 0) is 36.6 Å². The predicted octanol–water partition coefficient (Wildman–Crippen LogP) is 2.48. The molecule has 2 aromatic rings. The van der Waals surface area contributed by atoms with Gasteiger partial charge in [0, 0.05) is 43.8 Å². The summed E-state index contributed by atoms with van der Waals surface area (Å²) in [5.74, 6) is -5.51. The van der Waals surface area contributed by atoms with Gasteiger partial charge < -0.3 is 10.2 Å². The van der Waals surface area contributed by atoms with Crippen molar-refractivity contribution in [3.63, 3.8) is 0 Å². The van der Waals surface area contributed by atoms with E-state index in [-0.39, 0.29) is 12.1 Å². The largest absolute Gasteiger partial charge is 0.490 e. The highest BCUT2D eigenvalue weighted by Crippen LogP contribution is 2.24. The molecule has 1 aliphatic heterocycles. The average Bonchev–Trinajstić information content (AvgIpc) is 3.14. The van der Waals surface area contributed by atoms with E-state index in [1.807, 2.05) is 36.5 Å². The summed E-state index contributed by atoms with van der Waals surface area (Å²) >= 11 is 0. The molecule has 0 amide bonds. The number of carboxylic acids is 2. The van der Waals surface area contributed by atoms with Crippen LogP contribution in [0.4, 0.5) is 26.3 Å². The summed E-state index contributed by atoms with van der Waals surface area (Å²) in [4.78, 5) is 28.7. The number of aromatic nitrogens is 2. The summed E-state index contributed by atoms with van der Waals surface area (Å²) in [6.45, 7) is 1.56. The first-order valence-electron chi connectivity index (χ1n) is 10.5. The molecule has 0 aliphatic carbocycles. The third-order valence-corrected chi connectivity index (χ3v) is 5.50. The lowest BCUT2D eigenvalue weighted by molar-refractivity contribution is -0.193. The van der Waals surface area contributed by atoms with Crippen molar-refractivity contribution in [3.8, 4) is 0 Å². The van der Waals surface area contributed by atoms with Crippen molar-refractivity contribution in [2.75, 3.05) is 12.8 Å². The highest BCUT2D eigenvalue weighted by Gasteiger charge is 2.39. The summed E-state index contributed by atoms with van der Waals surface area (Å²) in [7, 11) is -3.24. The Morgan fingerprint density at radius 1 is 1.03 bits per heavy atom. The van der Waals surface area contributed by atoms with Gasteiger partial charge in [0.1, 0.15) is 0 Å². The Bertz CT molecular complexity index is 1110. The lowest BCUT2D eigenvalue weighted by Gasteiger charge is -2.28. The fourth-order valence-electron chi connectivity index (χ4n) is 3.26. The highest BCUT2D eigenvalue weighted by molar-refractivity contribution is 7.88. The van der Waals surface area contributed by atoms with Crippen LogP contribution in [-0.4, -0.2) is 82.7 Å². The summed E-state index contributed by atoms with van der Waals surface area (Å²) in [5.41, 5.74) is 2.10. The van der Waals surface area contributed by atoms with Crippen LogP contribution in [0.25, 0.3) is 0 Å². The number of sulfonamides is 1. The Balaban J connectivity index is 0.000000426. The van der Waals surface area contributed by atoms with Crippen LogP contribution in [0.15, 0.2) is 48.9 Å². The Kier molecular flexibility index (Phi) is 12.1. The number of nitrogens with one attached hydrogen (secondary N) is 1. The molecule has 0 bridgehead atoms. The van der Waals surface area contributed by atoms with Crippen molar-refractivity contribution in [2.45, 2.75) is 43.8 Å². The van der Waals surface area contributed by atoms with E-state index in [2.05, 4.69) is 19.6 Å². The summed E-state index contributed by atoms with van der Waals surface area (Å²) in [5, 5.41) is 14.2. The van der Waals surface area contributed by atoms with E-state index in [4.69, 9.17) is 19.8 Å².